The number of benzene rings is 1. The highest BCUT2D eigenvalue weighted by Gasteiger charge is 2.30. The highest BCUT2D eigenvalue weighted by atomic mass is 19.4. The monoisotopic (exact) mass is 347 g/mol. The molecule has 3 nitrogen and oxygen atoms in total. The van der Waals surface area contributed by atoms with Crippen LogP contribution in [0.1, 0.15) is 41.9 Å². The average molecular weight is 347 g/mol. The van der Waals surface area contributed by atoms with Crippen LogP contribution >= 0.6 is 0 Å². The molecular weight excluding hydrogens is 327 g/mol. The standard InChI is InChI=1S/C19H20F3N3/c1-14-12-18(25-10-3-2-4-11-25)24-17(23-14)9-8-15-6-5-7-16(13-15)19(20,21)22/h5-9,12-13H,2-4,10-11H2,1H3/b9-8+. The van der Waals surface area contributed by atoms with E-state index in [4.69, 9.17) is 0 Å². The summed E-state index contributed by atoms with van der Waals surface area (Å²) >= 11 is 0. The smallest absolute Gasteiger partial charge is 0.356 e. The fourth-order valence-corrected chi connectivity index (χ4v) is 2.92. The van der Waals surface area contributed by atoms with E-state index in [1.807, 2.05) is 13.0 Å². The summed E-state index contributed by atoms with van der Waals surface area (Å²) < 4.78 is 38.4. The molecule has 0 bridgehead atoms. The molecule has 132 valence electrons. The topological polar surface area (TPSA) is 29.0 Å². The van der Waals surface area contributed by atoms with Gasteiger partial charge in [0.05, 0.1) is 5.56 Å². The molecule has 1 aliphatic heterocycles. The lowest BCUT2D eigenvalue weighted by Gasteiger charge is -2.27. The van der Waals surface area contributed by atoms with Crippen molar-refractivity contribution in [3.63, 3.8) is 0 Å². The Bertz CT molecular complexity index is 763. The average Bonchev–Trinajstić information content (AvgIpc) is 2.60. The van der Waals surface area contributed by atoms with Gasteiger partial charge in [-0.25, -0.2) is 9.97 Å². The summed E-state index contributed by atoms with van der Waals surface area (Å²) in [7, 11) is 0. The van der Waals surface area contributed by atoms with Crippen molar-refractivity contribution in [1.29, 1.82) is 0 Å². The molecule has 1 aromatic carbocycles. The zero-order valence-electron chi connectivity index (χ0n) is 14.1. The molecular formula is C19H20F3N3. The maximum absolute atomic E-state index is 12.8. The third-order valence-electron chi connectivity index (χ3n) is 4.18. The van der Waals surface area contributed by atoms with Gasteiger partial charge in [-0.2, -0.15) is 13.2 Å². The van der Waals surface area contributed by atoms with Gasteiger partial charge in [-0.3, -0.25) is 0 Å². The Kier molecular flexibility index (Phi) is 5.06. The predicted octanol–water partition coefficient (Wildman–Crippen LogP) is 4.96. The fourth-order valence-electron chi connectivity index (χ4n) is 2.92. The van der Waals surface area contributed by atoms with Gasteiger partial charge in [-0.1, -0.05) is 18.2 Å². The van der Waals surface area contributed by atoms with Gasteiger partial charge in [0.1, 0.15) is 5.82 Å². The van der Waals surface area contributed by atoms with Crippen molar-refractivity contribution in [3.8, 4) is 0 Å². The Hall–Kier alpha value is -2.37. The van der Waals surface area contributed by atoms with Crippen molar-refractivity contribution in [2.75, 3.05) is 18.0 Å². The van der Waals surface area contributed by atoms with Gasteiger partial charge in [-0.15, -0.1) is 0 Å². The summed E-state index contributed by atoms with van der Waals surface area (Å²) in [6, 6.07) is 7.17. The molecule has 0 aliphatic carbocycles. The number of nitrogens with zero attached hydrogens (tertiary/aromatic N) is 3. The Labute approximate surface area is 145 Å². The first-order valence-electron chi connectivity index (χ1n) is 8.38. The fraction of sp³-hybridized carbons (Fsp3) is 0.368. The quantitative estimate of drug-likeness (QED) is 0.785. The van der Waals surface area contributed by atoms with Crippen LogP contribution in [0.25, 0.3) is 12.2 Å². The molecule has 3 rings (SSSR count). The molecule has 0 amide bonds. The molecule has 0 radical (unpaired) electrons. The largest absolute Gasteiger partial charge is 0.416 e. The zero-order chi connectivity index (χ0) is 17.9. The Balaban J connectivity index is 1.82. The van der Waals surface area contributed by atoms with Crippen molar-refractivity contribution >= 4 is 18.0 Å². The normalized spacial score (nSPS) is 15.8. The molecule has 25 heavy (non-hydrogen) atoms. The van der Waals surface area contributed by atoms with E-state index >= 15 is 0 Å². The molecule has 0 spiro atoms. The molecule has 6 heteroatoms. The lowest BCUT2D eigenvalue weighted by atomic mass is 10.1. The SMILES string of the molecule is Cc1cc(N2CCCCC2)nc(/C=C/c2cccc(C(F)(F)F)c2)n1. The van der Waals surface area contributed by atoms with Crippen molar-refractivity contribution in [2.24, 2.45) is 0 Å². The number of hydrogen-bond acceptors (Lipinski definition) is 3. The summed E-state index contributed by atoms with van der Waals surface area (Å²) in [5.41, 5.74) is 0.660. The number of aromatic nitrogens is 2. The van der Waals surface area contributed by atoms with Gasteiger partial charge in [0.2, 0.25) is 0 Å². The Morgan fingerprint density at radius 2 is 1.76 bits per heavy atom. The Morgan fingerprint density at radius 3 is 2.48 bits per heavy atom. The molecule has 0 N–H and O–H groups in total. The molecule has 2 heterocycles. The van der Waals surface area contributed by atoms with Crippen LogP contribution in [0.15, 0.2) is 30.3 Å². The number of aryl methyl sites for hydroxylation is 1. The van der Waals surface area contributed by atoms with Crippen LogP contribution in [0, 0.1) is 6.92 Å². The second kappa shape index (κ2) is 7.25. The van der Waals surface area contributed by atoms with Crippen molar-refractivity contribution in [1.82, 2.24) is 9.97 Å². The summed E-state index contributed by atoms with van der Waals surface area (Å²) in [6.07, 6.45) is 2.48. The van der Waals surface area contributed by atoms with Crippen molar-refractivity contribution in [2.45, 2.75) is 32.4 Å². The maximum Gasteiger partial charge on any atom is 0.416 e. The number of hydrogen-bond donors (Lipinski definition) is 0. The van der Waals surface area contributed by atoms with E-state index in [-0.39, 0.29) is 0 Å². The molecule has 0 saturated carbocycles. The molecule has 1 fully saturated rings. The van der Waals surface area contributed by atoms with Gasteiger partial charge in [-0.05, 0) is 50.0 Å². The molecule has 1 aliphatic rings. The molecule has 1 saturated heterocycles. The first-order chi connectivity index (χ1) is 11.9. The van der Waals surface area contributed by atoms with Gasteiger partial charge in [0.15, 0.2) is 5.82 Å². The minimum Gasteiger partial charge on any atom is -0.356 e. The van der Waals surface area contributed by atoms with E-state index in [0.29, 0.717) is 11.4 Å². The van der Waals surface area contributed by atoms with Crippen LogP contribution in [0.3, 0.4) is 0 Å². The third kappa shape index (κ3) is 4.59. The first kappa shape index (κ1) is 17.5. The minimum absolute atomic E-state index is 0.472. The van der Waals surface area contributed by atoms with Gasteiger partial charge in [0, 0.05) is 24.8 Å². The second-order valence-electron chi connectivity index (χ2n) is 6.23. The maximum atomic E-state index is 12.8. The van der Waals surface area contributed by atoms with E-state index in [9.17, 15) is 13.2 Å². The van der Waals surface area contributed by atoms with Crippen molar-refractivity contribution in [3.05, 3.63) is 53.0 Å². The molecule has 0 unspecified atom stereocenters. The summed E-state index contributed by atoms with van der Waals surface area (Å²) in [5, 5.41) is 0. The summed E-state index contributed by atoms with van der Waals surface area (Å²) in [5.74, 6) is 1.40. The van der Waals surface area contributed by atoms with Crippen LogP contribution in [-0.4, -0.2) is 23.1 Å². The number of alkyl halides is 3. The number of anilines is 1. The first-order valence-corrected chi connectivity index (χ1v) is 8.38. The number of piperidine rings is 1. The van der Waals surface area contributed by atoms with E-state index in [2.05, 4.69) is 14.9 Å². The van der Waals surface area contributed by atoms with E-state index in [1.165, 1.54) is 12.5 Å². The van der Waals surface area contributed by atoms with Crippen LogP contribution in [0.4, 0.5) is 19.0 Å². The third-order valence-corrected chi connectivity index (χ3v) is 4.18. The molecule has 0 atom stereocenters. The zero-order valence-corrected chi connectivity index (χ0v) is 14.1. The van der Waals surface area contributed by atoms with Gasteiger partial charge in [0.25, 0.3) is 0 Å². The van der Waals surface area contributed by atoms with E-state index in [1.54, 1.807) is 18.2 Å². The van der Waals surface area contributed by atoms with Crippen LogP contribution in [0.5, 0.6) is 0 Å². The predicted molar refractivity (Wildman–Crippen MR) is 93.2 cm³/mol. The lowest BCUT2D eigenvalue weighted by molar-refractivity contribution is -0.137. The van der Waals surface area contributed by atoms with Crippen LogP contribution in [-0.2, 0) is 6.18 Å². The van der Waals surface area contributed by atoms with Gasteiger partial charge < -0.3 is 4.90 Å². The molecule has 1 aromatic heterocycles. The van der Waals surface area contributed by atoms with Gasteiger partial charge >= 0.3 is 6.18 Å². The Morgan fingerprint density at radius 1 is 1.00 bits per heavy atom. The second-order valence-corrected chi connectivity index (χ2v) is 6.23. The summed E-state index contributed by atoms with van der Waals surface area (Å²) in [4.78, 5) is 11.2. The lowest BCUT2D eigenvalue weighted by Crippen LogP contribution is -2.30. The minimum atomic E-state index is -4.34. The summed E-state index contributed by atoms with van der Waals surface area (Å²) in [6.45, 7) is 3.86. The highest BCUT2D eigenvalue weighted by Crippen LogP contribution is 2.29. The number of halogens is 3. The van der Waals surface area contributed by atoms with Crippen molar-refractivity contribution < 1.29 is 13.2 Å². The van der Waals surface area contributed by atoms with E-state index in [0.717, 1.165) is 49.6 Å². The van der Waals surface area contributed by atoms with Crippen LogP contribution < -0.4 is 4.90 Å². The number of rotatable bonds is 3. The highest BCUT2D eigenvalue weighted by molar-refractivity contribution is 5.67. The molecule has 2 aromatic rings. The van der Waals surface area contributed by atoms with E-state index < -0.39 is 11.7 Å². The van der Waals surface area contributed by atoms with Crippen LogP contribution in [0.2, 0.25) is 0 Å².